The number of halogens is 1. The van der Waals surface area contributed by atoms with Crippen LogP contribution >= 0.6 is 24.0 Å². The van der Waals surface area contributed by atoms with Crippen LogP contribution < -0.4 is 10.6 Å². The number of aromatic nitrogens is 1. The molecule has 2 aliphatic heterocycles. The lowest BCUT2D eigenvalue weighted by molar-refractivity contribution is 0.0195. The Bertz CT molecular complexity index is 567. The van der Waals surface area contributed by atoms with Gasteiger partial charge in [-0.1, -0.05) is 6.07 Å². The van der Waals surface area contributed by atoms with Gasteiger partial charge in [0.2, 0.25) is 0 Å². The van der Waals surface area contributed by atoms with E-state index in [2.05, 4.69) is 32.3 Å². The summed E-state index contributed by atoms with van der Waals surface area (Å²) in [6.45, 7) is 10.9. The first kappa shape index (κ1) is 23.2. The van der Waals surface area contributed by atoms with Gasteiger partial charge in [-0.3, -0.25) is 9.89 Å². The summed E-state index contributed by atoms with van der Waals surface area (Å²) in [5.74, 6) is 2.02. The highest BCUT2D eigenvalue weighted by molar-refractivity contribution is 14.0. The highest BCUT2D eigenvalue weighted by Gasteiger charge is 2.30. The number of morpholine rings is 1. The van der Waals surface area contributed by atoms with E-state index in [1.165, 1.54) is 6.42 Å². The van der Waals surface area contributed by atoms with E-state index in [-0.39, 0.29) is 24.0 Å². The second-order valence-corrected chi connectivity index (χ2v) is 7.12. The largest absolute Gasteiger partial charge is 0.379 e. The van der Waals surface area contributed by atoms with Gasteiger partial charge in [-0.05, 0) is 38.3 Å². The summed E-state index contributed by atoms with van der Waals surface area (Å²) in [6.07, 6.45) is 5.21. The Balaban J connectivity index is 0.00000280. The molecule has 3 heterocycles. The van der Waals surface area contributed by atoms with Crippen molar-refractivity contribution in [2.24, 2.45) is 4.99 Å². The van der Waals surface area contributed by atoms with Crippen molar-refractivity contribution >= 4 is 35.8 Å². The van der Waals surface area contributed by atoms with Crippen molar-refractivity contribution in [3.8, 4) is 0 Å². The molecule has 1 aromatic rings. The fourth-order valence-electron chi connectivity index (χ4n) is 3.71. The summed E-state index contributed by atoms with van der Waals surface area (Å²) >= 11 is 0. The van der Waals surface area contributed by atoms with E-state index in [0.717, 1.165) is 83.6 Å². The maximum absolute atomic E-state index is 5.49. The summed E-state index contributed by atoms with van der Waals surface area (Å²) < 4.78 is 5.49. The highest BCUT2D eigenvalue weighted by Crippen LogP contribution is 2.17. The van der Waals surface area contributed by atoms with Crippen LogP contribution in [0.1, 0.15) is 26.2 Å². The predicted molar refractivity (Wildman–Crippen MR) is 126 cm³/mol. The number of nitrogens with zero attached hydrogens (tertiary/aromatic N) is 4. The lowest BCUT2D eigenvalue weighted by Crippen LogP contribution is -2.46. The Morgan fingerprint density at radius 2 is 2.11 bits per heavy atom. The summed E-state index contributed by atoms with van der Waals surface area (Å²) in [5.41, 5.74) is 0. The van der Waals surface area contributed by atoms with Gasteiger partial charge < -0.3 is 20.3 Å². The molecule has 0 bridgehead atoms. The van der Waals surface area contributed by atoms with Crippen molar-refractivity contribution in [2.45, 2.75) is 32.2 Å². The molecule has 0 aromatic carbocycles. The number of likely N-dealkylation sites (tertiary alicyclic amines) is 1. The monoisotopic (exact) mass is 502 g/mol. The van der Waals surface area contributed by atoms with Gasteiger partial charge in [0.25, 0.3) is 0 Å². The first-order valence-electron chi connectivity index (χ1n) is 10.4. The van der Waals surface area contributed by atoms with Gasteiger partial charge in [0.05, 0.1) is 13.2 Å². The molecule has 2 N–H and O–H groups in total. The molecule has 8 heteroatoms. The number of rotatable bonds is 8. The van der Waals surface area contributed by atoms with Crippen LogP contribution in [-0.2, 0) is 4.74 Å². The summed E-state index contributed by atoms with van der Waals surface area (Å²) in [5, 5.41) is 6.83. The Kier molecular flexibility index (Phi) is 10.9. The minimum Gasteiger partial charge on any atom is -0.379 e. The van der Waals surface area contributed by atoms with Gasteiger partial charge in [-0.25, -0.2) is 4.98 Å². The molecular formula is C20H35IN6O. The minimum absolute atomic E-state index is 0. The van der Waals surface area contributed by atoms with E-state index in [1.54, 1.807) is 0 Å². The predicted octanol–water partition coefficient (Wildman–Crippen LogP) is 2.26. The van der Waals surface area contributed by atoms with Crippen LogP contribution in [0.25, 0.3) is 0 Å². The number of ether oxygens (including phenoxy) is 1. The Morgan fingerprint density at radius 1 is 1.25 bits per heavy atom. The summed E-state index contributed by atoms with van der Waals surface area (Å²) in [7, 11) is 0. The van der Waals surface area contributed by atoms with Crippen molar-refractivity contribution < 1.29 is 4.74 Å². The third kappa shape index (κ3) is 7.36. The van der Waals surface area contributed by atoms with E-state index in [1.807, 2.05) is 24.4 Å². The molecule has 0 spiro atoms. The molecule has 28 heavy (non-hydrogen) atoms. The molecule has 0 radical (unpaired) electrons. The number of hydrogen-bond donors (Lipinski definition) is 2. The Hall–Kier alpha value is -1.13. The van der Waals surface area contributed by atoms with Crippen molar-refractivity contribution in [3.63, 3.8) is 0 Å². The van der Waals surface area contributed by atoms with Crippen molar-refractivity contribution in [2.75, 3.05) is 64.3 Å². The average Bonchev–Trinajstić information content (AvgIpc) is 3.21. The molecule has 0 saturated carbocycles. The molecule has 2 saturated heterocycles. The molecule has 0 aliphatic carbocycles. The van der Waals surface area contributed by atoms with Crippen LogP contribution in [0.4, 0.5) is 5.82 Å². The molecule has 2 aliphatic rings. The zero-order chi connectivity index (χ0) is 18.7. The first-order valence-corrected chi connectivity index (χ1v) is 10.4. The van der Waals surface area contributed by atoms with Crippen LogP contribution in [0, 0.1) is 0 Å². The van der Waals surface area contributed by atoms with Crippen molar-refractivity contribution in [3.05, 3.63) is 24.4 Å². The second kappa shape index (κ2) is 13.2. The molecule has 1 unspecified atom stereocenters. The van der Waals surface area contributed by atoms with Crippen LogP contribution in [0.2, 0.25) is 0 Å². The third-order valence-electron chi connectivity index (χ3n) is 5.18. The standard InChI is InChI=1S/C20H34N6O.HI/c1-2-21-20(24-11-6-5-10-23-19-7-3-4-9-22-19)26-12-8-18(17-26)25-13-15-27-16-14-25;/h3-4,7,9,18H,2,5-6,8,10-17H2,1H3,(H,21,24)(H,22,23);1H. The quantitative estimate of drug-likeness (QED) is 0.246. The minimum atomic E-state index is 0. The number of aliphatic imine (C=N–C) groups is 1. The van der Waals surface area contributed by atoms with E-state index in [4.69, 9.17) is 9.73 Å². The van der Waals surface area contributed by atoms with Crippen LogP contribution in [0.3, 0.4) is 0 Å². The van der Waals surface area contributed by atoms with Crippen molar-refractivity contribution in [1.82, 2.24) is 20.1 Å². The molecule has 2 fully saturated rings. The molecule has 3 rings (SSSR count). The average molecular weight is 502 g/mol. The van der Waals surface area contributed by atoms with Gasteiger partial charge in [0.15, 0.2) is 5.96 Å². The molecule has 1 atom stereocenters. The van der Waals surface area contributed by atoms with E-state index in [9.17, 15) is 0 Å². The fraction of sp³-hybridized carbons (Fsp3) is 0.700. The second-order valence-electron chi connectivity index (χ2n) is 7.12. The first-order chi connectivity index (χ1) is 13.4. The smallest absolute Gasteiger partial charge is 0.193 e. The van der Waals surface area contributed by atoms with E-state index in [0.29, 0.717) is 6.04 Å². The highest BCUT2D eigenvalue weighted by atomic mass is 127. The molecule has 1 aromatic heterocycles. The lowest BCUT2D eigenvalue weighted by Gasteiger charge is -2.32. The maximum Gasteiger partial charge on any atom is 0.193 e. The Labute approximate surface area is 186 Å². The van der Waals surface area contributed by atoms with Crippen LogP contribution in [-0.4, -0.2) is 85.8 Å². The molecular weight excluding hydrogens is 467 g/mol. The molecule has 0 amide bonds. The number of hydrogen-bond acceptors (Lipinski definition) is 5. The van der Waals surface area contributed by atoms with Crippen LogP contribution in [0.5, 0.6) is 0 Å². The zero-order valence-electron chi connectivity index (χ0n) is 17.0. The number of unbranched alkanes of at least 4 members (excludes halogenated alkanes) is 1. The molecule has 7 nitrogen and oxygen atoms in total. The van der Waals surface area contributed by atoms with E-state index >= 15 is 0 Å². The number of guanidine groups is 1. The topological polar surface area (TPSA) is 65.0 Å². The maximum atomic E-state index is 5.49. The number of anilines is 1. The van der Waals surface area contributed by atoms with Crippen LogP contribution in [0.15, 0.2) is 29.4 Å². The molecule has 158 valence electrons. The summed E-state index contributed by atoms with van der Waals surface area (Å²) in [6, 6.07) is 6.58. The lowest BCUT2D eigenvalue weighted by atomic mass is 10.2. The fourth-order valence-corrected chi connectivity index (χ4v) is 3.71. The SMILES string of the molecule is CCNC(=NCCCCNc1ccccn1)N1CCC(N2CCOCC2)C1.I. The van der Waals surface area contributed by atoms with Gasteiger partial charge >= 0.3 is 0 Å². The zero-order valence-corrected chi connectivity index (χ0v) is 19.3. The van der Waals surface area contributed by atoms with Gasteiger partial charge in [0, 0.05) is 58.1 Å². The van der Waals surface area contributed by atoms with Crippen molar-refractivity contribution in [1.29, 1.82) is 0 Å². The van der Waals surface area contributed by atoms with E-state index < -0.39 is 0 Å². The van der Waals surface area contributed by atoms with Gasteiger partial charge in [0.1, 0.15) is 5.82 Å². The third-order valence-corrected chi connectivity index (χ3v) is 5.18. The van der Waals surface area contributed by atoms with Gasteiger partial charge in [-0.2, -0.15) is 0 Å². The number of pyridine rings is 1. The Morgan fingerprint density at radius 3 is 2.86 bits per heavy atom. The normalized spacial score (nSPS) is 20.7. The number of nitrogens with one attached hydrogen (secondary N) is 2. The summed E-state index contributed by atoms with van der Waals surface area (Å²) in [4.78, 5) is 14.2. The van der Waals surface area contributed by atoms with Gasteiger partial charge in [-0.15, -0.1) is 24.0 Å².